The monoisotopic (exact) mass is 336 g/mol. The highest BCUT2D eigenvalue weighted by Crippen LogP contribution is 2.25. The van der Waals surface area contributed by atoms with E-state index in [-0.39, 0.29) is 5.78 Å². The van der Waals surface area contributed by atoms with E-state index in [1.54, 1.807) is 0 Å². The molecule has 0 aliphatic carbocycles. The van der Waals surface area contributed by atoms with Crippen molar-refractivity contribution in [1.82, 2.24) is 9.97 Å². The summed E-state index contributed by atoms with van der Waals surface area (Å²) in [6.07, 6.45) is 0.473. The van der Waals surface area contributed by atoms with Crippen molar-refractivity contribution in [2.75, 3.05) is 5.75 Å². The number of rotatable bonds is 5. The molecule has 3 nitrogen and oxygen atoms in total. The molecule has 0 fully saturated rings. The lowest BCUT2D eigenvalue weighted by Gasteiger charge is -2.08. The van der Waals surface area contributed by atoms with Gasteiger partial charge < -0.3 is 0 Å². The Morgan fingerprint density at radius 3 is 2.62 bits per heavy atom. The van der Waals surface area contributed by atoms with Crippen molar-refractivity contribution >= 4 is 28.4 Å². The van der Waals surface area contributed by atoms with Gasteiger partial charge in [-0.2, -0.15) is 0 Å². The molecule has 1 heterocycles. The molecule has 0 saturated carbocycles. The Balaban J connectivity index is 1.73. The number of Topliss-reactive ketones (excluding diaryl/α,β-unsaturated/α-hetero) is 1. The third-order valence-electron chi connectivity index (χ3n) is 3.94. The number of hydrogen-bond donors (Lipinski definition) is 0. The standard InChI is InChI=1S/C20H20N2OS/c1-13-8-9-16(14(2)10-13)11-17(23)12-24-20-18-6-4-5-7-19(18)21-15(3)22-20/h4-10H,11-12H2,1-3H3. The van der Waals surface area contributed by atoms with Crippen LogP contribution in [0.1, 0.15) is 22.5 Å². The van der Waals surface area contributed by atoms with Crippen LogP contribution in [0.5, 0.6) is 0 Å². The van der Waals surface area contributed by atoms with Gasteiger partial charge in [-0.3, -0.25) is 4.79 Å². The van der Waals surface area contributed by atoms with E-state index >= 15 is 0 Å². The van der Waals surface area contributed by atoms with Crippen LogP contribution in [0, 0.1) is 20.8 Å². The van der Waals surface area contributed by atoms with Gasteiger partial charge in [-0.15, -0.1) is 0 Å². The second-order valence-corrected chi connectivity index (χ2v) is 6.99. The summed E-state index contributed by atoms with van der Waals surface area (Å²) in [5.41, 5.74) is 4.43. The van der Waals surface area contributed by atoms with Gasteiger partial charge in [-0.25, -0.2) is 9.97 Å². The second-order valence-electron chi connectivity index (χ2n) is 6.03. The third kappa shape index (κ3) is 3.82. The van der Waals surface area contributed by atoms with E-state index in [1.807, 2.05) is 31.2 Å². The number of fused-ring (bicyclic) bond motifs is 1. The first kappa shape index (κ1) is 16.7. The van der Waals surface area contributed by atoms with Crippen LogP contribution in [0.4, 0.5) is 0 Å². The van der Waals surface area contributed by atoms with Crippen molar-refractivity contribution < 1.29 is 4.79 Å². The predicted molar refractivity (Wildman–Crippen MR) is 99.6 cm³/mol. The zero-order valence-corrected chi connectivity index (χ0v) is 15.0. The molecule has 0 aliphatic rings. The molecule has 0 atom stereocenters. The van der Waals surface area contributed by atoms with E-state index in [0.717, 1.165) is 27.3 Å². The van der Waals surface area contributed by atoms with E-state index < -0.39 is 0 Å². The molecule has 0 bridgehead atoms. The number of aryl methyl sites for hydroxylation is 3. The Morgan fingerprint density at radius 1 is 1.04 bits per heavy atom. The molecule has 122 valence electrons. The highest BCUT2D eigenvalue weighted by Gasteiger charge is 2.11. The molecular formula is C20H20N2OS. The summed E-state index contributed by atoms with van der Waals surface area (Å²) >= 11 is 1.50. The zero-order chi connectivity index (χ0) is 17.1. The Bertz CT molecular complexity index is 905. The third-order valence-corrected chi connectivity index (χ3v) is 4.99. The molecule has 0 radical (unpaired) electrons. The van der Waals surface area contributed by atoms with E-state index in [0.29, 0.717) is 12.2 Å². The highest BCUT2D eigenvalue weighted by molar-refractivity contribution is 8.00. The number of hydrogen-bond acceptors (Lipinski definition) is 4. The number of thioether (sulfide) groups is 1. The summed E-state index contributed by atoms with van der Waals surface area (Å²) in [6.45, 7) is 6.01. The molecule has 0 saturated heterocycles. The summed E-state index contributed by atoms with van der Waals surface area (Å²) in [7, 11) is 0. The SMILES string of the molecule is Cc1ccc(CC(=O)CSc2nc(C)nc3ccccc23)c(C)c1. The van der Waals surface area contributed by atoms with Gasteiger partial charge in [0.25, 0.3) is 0 Å². The maximum Gasteiger partial charge on any atom is 0.147 e. The molecule has 4 heteroatoms. The van der Waals surface area contributed by atoms with Crippen LogP contribution in [-0.4, -0.2) is 21.5 Å². The summed E-state index contributed by atoms with van der Waals surface area (Å²) < 4.78 is 0. The number of ketones is 1. The fraction of sp³-hybridized carbons (Fsp3) is 0.250. The van der Waals surface area contributed by atoms with E-state index in [9.17, 15) is 4.79 Å². The smallest absolute Gasteiger partial charge is 0.147 e. The largest absolute Gasteiger partial charge is 0.298 e. The molecule has 3 aromatic rings. The van der Waals surface area contributed by atoms with Crippen LogP contribution < -0.4 is 0 Å². The average molecular weight is 336 g/mol. The number of para-hydroxylation sites is 1. The van der Waals surface area contributed by atoms with Crippen LogP contribution in [0.2, 0.25) is 0 Å². The van der Waals surface area contributed by atoms with E-state index in [2.05, 4.69) is 42.0 Å². The fourth-order valence-corrected chi connectivity index (χ4v) is 3.65. The Morgan fingerprint density at radius 2 is 1.83 bits per heavy atom. The van der Waals surface area contributed by atoms with Crippen LogP contribution in [0.15, 0.2) is 47.5 Å². The zero-order valence-electron chi connectivity index (χ0n) is 14.2. The average Bonchev–Trinajstić information content (AvgIpc) is 2.55. The molecule has 0 unspecified atom stereocenters. The van der Waals surface area contributed by atoms with Crippen LogP contribution in [0.25, 0.3) is 10.9 Å². The molecule has 0 aliphatic heterocycles. The Kier molecular flexibility index (Phi) is 4.95. The fourth-order valence-electron chi connectivity index (χ4n) is 2.72. The summed E-state index contributed by atoms with van der Waals surface area (Å²) in [6, 6.07) is 14.2. The number of carbonyl (C=O) groups excluding carboxylic acids is 1. The van der Waals surface area contributed by atoms with Crippen molar-refractivity contribution in [3.05, 3.63) is 65.0 Å². The van der Waals surface area contributed by atoms with Gasteiger partial charge in [0.05, 0.1) is 11.3 Å². The van der Waals surface area contributed by atoms with Gasteiger partial charge in [-0.05, 0) is 38.0 Å². The first-order valence-electron chi connectivity index (χ1n) is 7.97. The molecule has 24 heavy (non-hydrogen) atoms. The first-order valence-corrected chi connectivity index (χ1v) is 8.95. The Labute approximate surface area is 146 Å². The maximum absolute atomic E-state index is 12.4. The number of benzene rings is 2. The molecule has 1 aromatic heterocycles. The van der Waals surface area contributed by atoms with Gasteiger partial charge in [0, 0.05) is 11.8 Å². The van der Waals surface area contributed by atoms with Gasteiger partial charge in [0.1, 0.15) is 16.6 Å². The first-order chi connectivity index (χ1) is 11.5. The quantitative estimate of drug-likeness (QED) is 0.510. The van der Waals surface area contributed by atoms with Crippen molar-refractivity contribution in [3.8, 4) is 0 Å². The molecular weight excluding hydrogens is 316 g/mol. The molecule has 0 amide bonds. The van der Waals surface area contributed by atoms with Gasteiger partial charge in [0.15, 0.2) is 0 Å². The van der Waals surface area contributed by atoms with Gasteiger partial charge in [0.2, 0.25) is 0 Å². The predicted octanol–water partition coefficient (Wildman–Crippen LogP) is 4.46. The minimum Gasteiger partial charge on any atom is -0.298 e. The van der Waals surface area contributed by atoms with Gasteiger partial charge >= 0.3 is 0 Å². The van der Waals surface area contributed by atoms with Crippen molar-refractivity contribution in [3.63, 3.8) is 0 Å². The second kappa shape index (κ2) is 7.14. The molecule has 0 spiro atoms. The number of nitrogens with zero attached hydrogens (tertiary/aromatic N) is 2. The lowest BCUT2D eigenvalue weighted by Crippen LogP contribution is -2.07. The van der Waals surface area contributed by atoms with Crippen molar-refractivity contribution in [1.29, 1.82) is 0 Å². The van der Waals surface area contributed by atoms with Crippen LogP contribution >= 0.6 is 11.8 Å². The van der Waals surface area contributed by atoms with E-state index in [1.165, 1.54) is 22.9 Å². The lowest BCUT2D eigenvalue weighted by atomic mass is 10.0. The van der Waals surface area contributed by atoms with E-state index in [4.69, 9.17) is 0 Å². The highest BCUT2D eigenvalue weighted by atomic mass is 32.2. The van der Waals surface area contributed by atoms with Crippen LogP contribution in [0.3, 0.4) is 0 Å². The molecule has 2 aromatic carbocycles. The number of aromatic nitrogens is 2. The minimum atomic E-state index is 0.215. The summed E-state index contributed by atoms with van der Waals surface area (Å²) in [5, 5.41) is 1.89. The van der Waals surface area contributed by atoms with Crippen LogP contribution in [-0.2, 0) is 11.2 Å². The molecule has 3 rings (SSSR count). The van der Waals surface area contributed by atoms with Crippen molar-refractivity contribution in [2.45, 2.75) is 32.2 Å². The normalized spacial score (nSPS) is 11.0. The number of carbonyl (C=O) groups is 1. The van der Waals surface area contributed by atoms with Gasteiger partial charge in [-0.1, -0.05) is 53.7 Å². The summed E-state index contributed by atoms with van der Waals surface area (Å²) in [5.74, 6) is 1.37. The van der Waals surface area contributed by atoms with Crippen molar-refractivity contribution in [2.24, 2.45) is 0 Å². The Hall–Kier alpha value is -2.20. The lowest BCUT2D eigenvalue weighted by molar-refractivity contribution is -0.116. The minimum absolute atomic E-state index is 0.215. The summed E-state index contributed by atoms with van der Waals surface area (Å²) in [4.78, 5) is 21.3. The maximum atomic E-state index is 12.4. The molecule has 0 N–H and O–H groups in total. The topological polar surface area (TPSA) is 42.9 Å².